The summed E-state index contributed by atoms with van der Waals surface area (Å²) in [7, 11) is 0. The lowest BCUT2D eigenvalue weighted by Gasteiger charge is -2.26. The molecule has 0 unspecified atom stereocenters. The molecule has 0 saturated carbocycles. The largest absolute Gasteiger partial charge is 0.398 e. The molecule has 0 amide bonds. The van der Waals surface area contributed by atoms with Gasteiger partial charge in [0.2, 0.25) is 0 Å². The van der Waals surface area contributed by atoms with Crippen LogP contribution >= 0.6 is 0 Å². The Labute approximate surface area is 100 Å². The number of rotatable bonds is 6. The first-order chi connectivity index (χ1) is 7.58. The van der Waals surface area contributed by atoms with Crippen molar-refractivity contribution in [1.82, 2.24) is 0 Å². The van der Waals surface area contributed by atoms with E-state index < -0.39 is 0 Å². The van der Waals surface area contributed by atoms with Gasteiger partial charge in [0.15, 0.2) is 0 Å². The van der Waals surface area contributed by atoms with Gasteiger partial charge in [0, 0.05) is 5.69 Å². The standard InChI is InChI=1S/C15H25N/c1-4-5-6-9-12-15(2,3)13-10-7-8-11-14(13)16/h7-8,10-11H,4-6,9,12,16H2,1-3H3. The zero-order valence-electron chi connectivity index (χ0n) is 10.9. The van der Waals surface area contributed by atoms with Crippen LogP contribution in [0, 0.1) is 0 Å². The first-order valence-corrected chi connectivity index (χ1v) is 6.43. The maximum Gasteiger partial charge on any atom is 0.0352 e. The topological polar surface area (TPSA) is 26.0 Å². The van der Waals surface area contributed by atoms with Gasteiger partial charge in [-0.2, -0.15) is 0 Å². The van der Waals surface area contributed by atoms with Crippen molar-refractivity contribution in [3.63, 3.8) is 0 Å². The van der Waals surface area contributed by atoms with E-state index in [0.717, 1.165) is 5.69 Å². The van der Waals surface area contributed by atoms with Crippen LogP contribution in [0.15, 0.2) is 24.3 Å². The molecule has 0 heterocycles. The van der Waals surface area contributed by atoms with Crippen LogP contribution in [-0.4, -0.2) is 0 Å². The SMILES string of the molecule is CCCCCCC(C)(C)c1ccccc1N. The van der Waals surface area contributed by atoms with Crippen molar-refractivity contribution in [3.8, 4) is 0 Å². The Bertz CT molecular complexity index is 315. The molecule has 1 aromatic rings. The van der Waals surface area contributed by atoms with Crippen molar-refractivity contribution in [2.75, 3.05) is 5.73 Å². The quantitative estimate of drug-likeness (QED) is 0.552. The molecule has 0 aromatic heterocycles. The minimum atomic E-state index is 0.207. The summed E-state index contributed by atoms with van der Waals surface area (Å²) in [6.45, 7) is 6.84. The van der Waals surface area contributed by atoms with Crippen LogP contribution in [0.25, 0.3) is 0 Å². The van der Waals surface area contributed by atoms with Crippen molar-refractivity contribution in [2.45, 2.75) is 58.3 Å². The minimum absolute atomic E-state index is 0.207. The van der Waals surface area contributed by atoms with E-state index in [4.69, 9.17) is 5.73 Å². The Hall–Kier alpha value is -0.980. The summed E-state index contributed by atoms with van der Waals surface area (Å²) in [4.78, 5) is 0. The third kappa shape index (κ3) is 3.55. The summed E-state index contributed by atoms with van der Waals surface area (Å²) in [5, 5.41) is 0. The number of nitrogens with two attached hydrogens (primary N) is 1. The van der Waals surface area contributed by atoms with E-state index in [9.17, 15) is 0 Å². The summed E-state index contributed by atoms with van der Waals surface area (Å²) in [5.74, 6) is 0. The molecule has 1 heteroatoms. The van der Waals surface area contributed by atoms with E-state index in [0.29, 0.717) is 0 Å². The molecule has 0 bridgehead atoms. The van der Waals surface area contributed by atoms with Crippen LogP contribution in [0.1, 0.15) is 58.4 Å². The zero-order valence-corrected chi connectivity index (χ0v) is 10.9. The van der Waals surface area contributed by atoms with Gasteiger partial charge in [-0.3, -0.25) is 0 Å². The second kappa shape index (κ2) is 5.93. The van der Waals surface area contributed by atoms with Crippen molar-refractivity contribution in [2.24, 2.45) is 0 Å². The number of nitrogen functional groups attached to an aromatic ring is 1. The molecule has 1 rings (SSSR count). The predicted octanol–water partition coefficient (Wildman–Crippen LogP) is 4.52. The zero-order chi connectivity index (χ0) is 12.0. The Morgan fingerprint density at radius 1 is 1.06 bits per heavy atom. The lowest BCUT2D eigenvalue weighted by atomic mass is 9.79. The third-order valence-electron chi connectivity index (χ3n) is 3.35. The van der Waals surface area contributed by atoms with Gasteiger partial charge in [0.05, 0.1) is 0 Å². The van der Waals surface area contributed by atoms with Crippen molar-refractivity contribution < 1.29 is 0 Å². The van der Waals surface area contributed by atoms with Crippen molar-refractivity contribution >= 4 is 5.69 Å². The van der Waals surface area contributed by atoms with E-state index in [1.54, 1.807) is 0 Å². The number of hydrogen-bond donors (Lipinski definition) is 1. The molecular formula is C15H25N. The molecule has 1 nitrogen and oxygen atoms in total. The van der Waals surface area contributed by atoms with Gasteiger partial charge in [-0.05, 0) is 23.5 Å². The molecule has 0 saturated heterocycles. The molecule has 0 aliphatic rings. The molecule has 90 valence electrons. The van der Waals surface area contributed by atoms with Gasteiger partial charge in [-0.25, -0.2) is 0 Å². The van der Waals surface area contributed by atoms with Crippen LogP contribution in [-0.2, 0) is 5.41 Å². The molecular weight excluding hydrogens is 194 g/mol. The Kier molecular flexibility index (Phi) is 4.85. The minimum Gasteiger partial charge on any atom is -0.398 e. The highest BCUT2D eigenvalue weighted by atomic mass is 14.6. The van der Waals surface area contributed by atoms with Crippen LogP contribution in [0.2, 0.25) is 0 Å². The van der Waals surface area contributed by atoms with Gasteiger partial charge in [0.1, 0.15) is 0 Å². The predicted molar refractivity (Wildman–Crippen MR) is 72.6 cm³/mol. The first-order valence-electron chi connectivity index (χ1n) is 6.43. The van der Waals surface area contributed by atoms with E-state index in [2.05, 4.69) is 32.9 Å². The van der Waals surface area contributed by atoms with Crippen molar-refractivity contribution in [1.29, 1.82) is 0 Å². The number of para-hydroxylation sites is 1. The van der Waals surface area contributed by atoms with Crippen LogP contribution < -0.4 is 5.73 Å². The number of anilines is 1. The maximum absolute atomic E-state index is 6.04. The van der Waals surface area contributed by atoms with Gasteiger partial charge >= 0.3 is 0 Å². The second-order valence-electron chi connectivity index (χ2n) is 5.28. The maximum atomic E-state index is 6.04. The summed E-state index contributed by atoms with van der Waals surface area (Å²) in [6.07, 6.45) is 6.51. The lowest BCUT2D eigenvalue weighted by Crippen LogP contribution is -2.18. The summed E-state index contributed by atoms with van der Waals surface area (Å²) in [5.41, 5.74) is 8.48. The Morgan fingerprint density at radius 3 is 2.38 bits per heavy atom. The van der Waals surface area contributed by atoms with Gasteiger partial charge in [0.25, 0.3) is 0 Å². The molecule has 2 N–H and O–H groups in total. The number of benzene rings is 1. The first kappa shape index (κ1) is 13.1. The summed E-state index contributed by atoms with van der Waals surface area (Å²) < 4.78 is 0. The Morgan fingerprint density at radius 2 is 1.75 bits per heavy atom. The molecule has 0 aliphatic heterocycles. The lowest BCUT2D eigenvalue weighted by molar-refractivity contribution is 0.447. The molecule has 1 aromatic carbocycles. The molecule has 0 radical (unpaired) electrons. The summed E-state index contributed by atoms with van der Waals surface area (Å²) >= 11 is 0. The normalized spacial score (nSPS) is 11.7. The summed E-state index contributed by atoms with van der Waals surface area (Å²) in [6, 6.07) is 8.25. The molecule has 16 heavy (non-hydrogen) atoms. The fourth-order valence-electron chi connectivity index (χ4n) is 2.24. The second-order valence-corrected chi connectivity index (χ2v) is 5.28. The molecule has 0 aliphatic carbocycles. The van der Waals surface area contributed by atoms with E-state index >= 15 is 0 Å². The highest BCUT2D eigenvalue weighted by Crippen LogP contribution is 2.32. The molecule has 0 atom stereocenters. The highest BCUT2D eigenvalue weighted by Gasteiger charge is 2.21. The number of hydrogen-bond acceptors (Lipinski definition) is 1. The number of unbranched alkanes of at least 4 members (excludes halogenated alkanes) is 3. The molecule has 0 fully saturated rings. The van der Waals surface area contributed by atoms with Crippen molar-refractivity contribution in [3.05, 3.63) is 29.8 Å². The average molecular weight is 219 g/mol. The van der Waals surface area contributed by atoms with E-state index in [1.807, 2.05) is 12.1 Å². The fourth-order valence-corrected chi connectivity index (χ4v) is 2.24. The Balaban J connectivity index is 2.59. The molecule has 0 spiro atoms. The van der Waals surface area contributed by atoms with Crippen LogP contribution in [0.3, 0.4) is 0 Å². The van der Waals surface area contributed by atoms with Gasteiger partial charge in [-0.1, -0.05) is 64.7 Å². The van der Waals surface area contributed by atoms with Crippen LogP contribution in [0.4, 0.5) is 5.69 Å². The third-order valence-corrected chi connectivity index (χ3v) is 3.35. The average Bonchev–Trinajstić information content (AvgIpc) is 2.25. The monoisotopic (exact) mass is 219 g/mol. The van der Waals surface area contributed by atoms with E-state index in [-0.39, 0.29) is 5.41 Å². The smallest absolute Gasteiger partial charge is 0.0352 e. The fraction of sp³-hybridized carbons (Fsp3) is 0.600. The van der Waals surface area contributed by atoms with Gasteiger partial charge in [-0.15, -0.1) is 0 Å². The highest BCUT2D eigenvalue weighted by molar-refractivity contribution is 5.50. The van der Waals surface area contributed by atoms with E-state index in [1.165, 1.54) is 37.7 Å². The van der Waals surface area contributed by atoms with Crippen LogP contribution in [0.5, 0.6) is 0 Å². The van der Waals surface area contributed by atoms with Gasteiger partial charge < -0.3 is 5.73 Å².